The van der Waals surface area contributed by atoms with E-state index < -0.39 is 22.6 Å². The molecule has 0 saturated carbocycles. The number of nitro benzene ring substituents is 1. The third-order valence-electron chi connectivity index (χ3n) is 3.13. The van der Waals surface area contributed by atoms with Crippen LogP contribution in [0.3, 0.4) is 0 Å². The number of rotatable bonds is 3. The zero-order valence-electron chi connectivity index (χ0n) is 11.8. The third kappa shape index (κ3) is 3.85. The van der Waals surface area contributed by atoms with Crippen molar-refractivity contribution in [1.82, 2.24) is 0 Å². The molecule has 2 aromatic rings. The number of carbonyl (C=O) groups excluding carboxylic acids is 1. The van der Waals surface area contributed by atoms with Gasteiger partial charge in [0, 0.05) is 22.9 Å². The lowest BCUT2D eigenvalue weighted by molar-refractivity contribution is -0.385. The summed E-state index contributed by atoms with van der Waals surface area (Å²) in [6.45, 7) is 1.49. The van der Waals surface area contributed by atoms with Crippen molar-refractivity contribution >= 4 is 17.3 Å². The van der Waals surface area contributed by atoms with Gasteiger partial charge in [-0.05, 0) is 43.3 Å². The number of amides is 1. The number of benzene rings is 2. The normalized spacial score (nSPS) is 11.1. The maximum absolute atomic E-state index is 12.5. The number of nitrogens with zero attached hydrogens (tertiary/aromatic N) is 1. The van der Waals surface area contributed by atoms with Crippen molar-refractivity contribution in [3.8, 4) is 0 Å². The molecule has 0 bridgehead atoms. The first-order valence-electron chi connectivity index (χ1n) is 6.42. The second-order valence-electron chi connectivity index (χ2n) is 4.79. The molecule has 5 nitrogen and oxygen atoms in total. The highest BCUT2D eigenvalue weighted by atomic mass is 19.4. The fraction of sp³-hybridized carbons (Fsp3) is 0.133. The Morgan fingerprint density at radius 3 is 2.22 bits per heavy atom. The van der Waals surface area contributed by atoms with Gasteiger partial charge < -0.3 is 5.32 Å². The Hall–Kier alpha value is -2.90. The fourth-order valence-corrected chi connectivity index (χ4v) is 1.95. The van der Waals surface area contributed by atoms with Gasteiger partial charge in [0.05, 0.1) is 10.5 Å². The van der Waals surface area contributed by atoms with E-state index in [1.54, 1.807) is 0 Å². The van der Waals surface area contributed by atoms with Gasteiger partial charge in [-0.1, -0.05) is 0 Å². The Balaban J connectivity index is 2.16. The van der Waals surface area contributed by atoms with Gasteiger partial charge in [-0.25, -0.2) is 0 Å². The van der Waals surface area contributed by atoms with Gasteiger partial charge >= 0.3 is 6.18 Å². The van der Waals surface area contributed by atoms with Crippen LogP contribution in [-0.2, 0) is 6.18 Å². The first-order chi connectivity index (χ1) is 10.7. The van der Waals surface area contributed by atoms with E-state index in [1.807, 2.05) is 0 Å². The molecule has 8 heteroatoms. The monoisotopic (exact) mass is 324 g/mol. The highest BCUT2D eigenvalue weighted by Gasteiger charge is 2.30. The molecule has 2 aromatic carbocycles. The second-order valence-corrected chi connectivity index (χ2v) is 4.79. The molecule has 23 heavy (non-hydrogen) atoms. The SMILES string of the molecule is Cc1cc(C(=O)Nc2ccc(C(F)(F)F)cc2)ccc1[N+](=O)[O-]. The van der Waals surface area contributed by atoms with E-state index in [-0.39, 0.29) is 16.9 Å². The lowest BCUT2D eigenvalue weighted by Crippen LogP contribution is -2.13. The summed E-state index contributed by atoms with van der Waals surface area (Å²) in [7, 11) is 0. The van der Waals surface area contributed by atoms with E-state index in [1.165, 1.54) is 25.1 Å². The van der Waals surface area contributed by atoms with E-state index in [4.69, 9.17) is 0 Å². The predicted octanol–water partition coefficient (Wildman–Crippen LogP) is 4.17. The highest BCUT2D eigenvalue weighted by Crippen LogP contribution is 2.30. The molecule has 2 rings (SSSR count). The molecule has 0 spiro atoms. The summed E-state index contributed by atoms with van der Waals surface area (Å²) in [6.07, 6.45) is -4.45. The number of nitrogens with one attached hydrogen (secondary N) is 1. The maximum Gasteiger partial charge on any atom is 0.416 e. The molecule has 1 N–H and O–H groups in total. The number of alkyl halides is 3. The van der Waals surface area contributed by atoms with Crippen LogP contribution in [0.15, 0.2) is 42.5 Å². The van der Waals surface area contributed by atoms with Gasteiger partial charge in [0.25, 0.3) is 11.6 Å². The summed E-state index contributed by atoms with van der Waals surface area (Å²) in [4.78, 5) is 22.2. The number of aryl methyl sites for hydroxylation is 1. The molecule has 0 fully saturated rings. The molecule has 0 aliphatic heterocycles. The van der Waals surface area contributed by atoms with Crippen molar-refractivity contribution in [3.05, 3.63) is 69.3 Å². The van der Waals surface area contributed by atoms with E-state index in [0.717, 1.165) is 24.3 Å². The van der Waals surface area contributed by atoms with Gasteiger partial charge in [-0.2, -0.15) is 13.2 Å². The molecule has 120 valence electrons. The van der Waals surface area contributed by atoms with Gasteiger partial charge in [0.1, 0.15) is 0 Å². The smallest absolute Gasteiger partial charge is 0.322 e. The topological polar surface area (TPSA) is 72.2 Å². The van der Waals surface area contributed by atoms with Crippen LogP contribution in [0.25, 0.3) is 0 Å². The summed E-state index contributed by atoms with van der Waals surface area (Å²) in [5, 5.41) is 13.2. The van der Waals surface area contributed by atoms with Crippen LogP contribution in [0.5, 0.6) is 0 Å². The van der Waals surface area contributed by atoms with Crippen LogP contribution >= 0.6 is 0 Å². The minimum absolute atomic E-state index is 0.115. The van der Waals surface area contributed by atoms with Gasteiger partial charge in [-0.3, -0.25) is 14.9 Å². The Labute approximate surface area is 128 Å². The Kier molecular flexibility index (Phi) is 4.35. The molecule has 0 aliphatic rings. The van der Waals surface area contributed by atoms with Crippen molar-refractivity contribution in [2.75, 3.05) is 5.32 Å². The van der Waals surface area contributed by atoms with Crippen LogP contribution in [0.1, 0.15) is 21.5 Å². The molecule has 0 saturated heterocycles. The largest absolute Gasteiger partial charge is 0.416 e. The zero-order chi connectivity index (χ0) is 17.2. The van der Waals surface area contributed by atoms with Crippen molar-refractivity contribution in [3.63, 3.8) is 0 Å². The number of hydrogen-bond donors (Lipinski definition) is 1. The molecule has 0 unspecified atom stereocenters. The van der Waals surface area contributed by atoms with Crippen molar-refractivity contribution in [1.29, 1.82) is 0 Å². The molecule has 0 aromatic heterocycles. The van der Waals surface area contributed by atoms with E-state index in [0.29, 0.717) is 5.56 Å². The number of hydrogen-bond acceptors (Lipinski definition) is 3. The summed E-state index contributed by atoms with van der Waals surface area (Å²) < 4.78 is 37.4. The van der Waals surface area contributed by atoms with Crippen molar-refractivity contribution in [2.24, 2.45) is 0 Å². The lowest BCUT2D eigenvalue weighted by atomic mass is 10.1. The average Bonchev–Trinajstić information content (AvgIpc) is 2.46. The molecule has 0 radical (unpaired) electrons. The maximum atomic E-state index is 12.5. The van der Waals surface area contributed by atoms with E-state index in [2.05, 4.69) is 5.32 Å². The van der Waals surface area contributed by atoms with Gasteiger partial charge in [0.2, 0.25) is 0 Å². The molecule has 1 amide bonds. The van der Waals surface area contributed by atoms with Gasteiger partial charge in [0.15, 0.2) is 0 Å². The third-order valence-corrected chi connectivity index (χ3v) is 3.13. The summed E-state index contributed by atoms with van der Waals surface area (Å²) in [5.41, 5.74) is -0.250. The van der Waals surface area contributed by atoms with Crippen LogP contribution in [-0.4, -0.2) is 10.8 Å². The predicted molar refractivity (Wildman–Crippen MR) is 77.2 cm³/mol. The average molecular weight is 324 g/mol. The molecular weight excluding hydrogens is 313 g/mol. The number of nitro groups is 1. The van der Waals surface area contributed by atoms with Gasteiger partial charge in [-0.15, -0.1) is 0 Å². The first-order valence-corrected chi connectivity index (χ1v) is 6.42. The Bertz CT molecular complexity index is 756. The number of carbonyl (C=O) groups is 1. The number of anilines is 1. The second kappa shape index (κ2) is 6.07. The van der Waals surface area contributed by atoms with Crippen LogP contribution < -0.4 is 5.32 Å². The Morgan fingerprint density at radius 2 is 1.74 bits per heavy atom. The van der Waals surface area contributed by atoms with Crippen LogP contribution in [0.2, 0.25) is 0 Å². The summed E-state index contributed by atoms with van der Waals surface area (Å²) >= 11 is 0. The lowest BCUT2D eigenvalue weighted by Gasteiger charge is -2.09. The standard InChI is InChI=1S/C15H11F3N2O3/c1-9-8-10(2-7-13(9)20(22)23)14(21)19-12-5-3-11(4-6-12)15(16,17)18/h2-8H,1H3,(H,19,21). The Morgan fingerprint density at radius 1 is 1.13 bits per heavy atom. The van der Waals surface area contributed by atoms with Crippen LogP contribution in [0.4, 0.5) is 24.5 Å². The van der Waals surface area contributed by atoms with Crippen molar-refractivity contribution in [2.45, 2.75) is 13.1 Å². The summed E-state index contributed by atoms with van der Waals surface area (Å²) in [6, 6.07) is 7.82. The van der Waals surface area contributed by atoms with E-state index in [9.17, 15) is 28.1 Å². The van der Waals surface area contributed by atoms with Crippen LogP contribution in [0, 0.1) is 17.0 Å². The minimum atomic E-state index is -4.45. The number of halogens is 3. The molecule has 0 atom stereocenters. The summed E-state index contributed by atoms with van der Waals surface area (Å²) in [5.74, 6) is -0.567. The highest BCUT2D eigenvalue weighted by molar-refractivity contribution is 6.04. The van der Waals surface area contributed by atoms with E-state index >= 15 is 0 Å². The molecule has 0 heterocycles. The quantitative estimate of drug-likeness (QED) is 0.680. The zero-order valence-corrected chi connectivity index (χ0v) is 11.8. The van der Waals surface area contributed by atoms with Crippen molar-refractivity contribution < 1.29 is 22.9 Å². The fourth-order valence-electron chi connectivity index (χ4n) is 1.95. The molecule has 0 aliphatic carbocycles. The first kappa shape index (κ1) is 16.5. The minimum Gasteiger partial charge on any atom is -0.322 e. The molecular formula is C15H11F3N2O3.